The lowest BCUT2D eigenvalue weighted by Crippen LogP contribution is -2.32. The fraction of sp³-hybridized carbons (Fsp3) is 0.200. The predicted octanol–water partition coefficient (Wildman–Crippen LogP) is 1.65. The van der Waals surface area contributed by atoms with Crippen LogP contribution in [-0.4, -0.2) is 16.9 Å². The maximum atomic E-state index is 14.5. The normalized spacial score (nSPS) is 15.8. The lowest BCUT2D eigenvalue weighted by molar-refractivity contribution is 0.103. The number of halogens is 2. The van der Waals surface area contributed by atoms with Gasteiger partial charge in [0, 0.05) is 36.5 Å². The molecule has 0 fully saturated rings. The Morgan fingerprint density at radius 3 is 2.85 bits per heavy atom. The van der Waals surface area contributed by atoms with Crippen molar-refractivity contribution in [2.45, 2.75) is 19.9 Å². The number of hydrogen-bond donors (Lipinski definition) is 1. The van der Waals surface area contributed by atoms with Crippen molar-refractivity contribution >= 4 is 17.6 Å². The van der Waals surface area contributed by atoms with Crippen LogP contribution in [0.3, 0.4) is 0 Å². The van der Waals surface area contributed by atoms with Crippen LogP contribution in [-0.2, 0) is 6.54 Å². The van der Waals surface area contributed by atoms with Crippen molar-refractivity contribution in [2.24, 2.45) is 0 Å². The van der Waals surface area contributed by atoms with Gasteiger partial charge in [-0.3, -0.25) is 4.79 Å². The summed E-state index contributed by atoms with van der Waals surface area (Å²) in [6.45, 7) is 3.28. The van der Waals surface area contributed by atoms with Gasteiger partial charge in [0.2, 0.25) is 5.78 Å². The number of ketones is 1. The Labute approximate surface area is 148 Å². The maximum Gasteiger partial charge on any atom is 0.206 e. The van der Waals surface area contributed by atoms with Crippen LogP contribution in [0.4, 0.5) is 8.78 Å². The molecule has 0 unspecified atom stereocenters. The van der Waals surface area contributed by atoms with Crippen LogP contribution in [0.5, 0.6) is 0 Å². The molecule has 2 aromatic rings. The van der Waals surface area contributed by atoms with Gasteiger partial charge in [-0.05, 0) is 37.1 Å². The molecule has 4 nitrogen and oxygen atoms in total. The number of hydrogen-bond acceptors (Lipinski definition) is 3. The van der Waals surface area contributed by atoms with E-state index in [9.17, 15) is 18.8 Å². The zero-order chi connectivity index (χ0) is 18.4. The van der Waals surface area contributed by atoms with Crippen molar-refractivity contribution in [3.05, 3.63) is 68.9 Å². The molecule has 130 valence electrons. The predicted molar refractivity (Wildman–Crippen MR) is 92.4 cm³/mol. The topological polar surface area (TPSA) is 57.8 Å². The number of aromatic nitrogens is 1. The van der Waals surface area contributed by atoms with Gasteiger partial charge in [-0.1, -0.05) is 0 Å². The second-order valence-corrected chi connectivity index (χ2v) is 6.37. The Bertz CT molecular complexity index is 1150. The summed E-state index contributed by atoms with van der Waals surface area (Å²) in [4.78, 5) is 12.8. The highest BCUT2D eigenvalue weighted by atomic mass is 19.1. The average Bonchev–Trinajstić information content (AvgIpc) is 2.77. The summed E-state index contributed by atoms with van der Waals surface area (Å²) in [5.41, 5.74) is 1.72. The van der Waals surface area contributed by atoms with E-state index in [1.54, 1.807) is 0 Å². The van der Waals surface area contributed by atoms with Gasteiger partial charge in [-0.2, -0.15) is 5.26 Å². The first-order valence-corrected chi connectivity index (χ1v) is 8.32. The minimum Gasteiger partial charge on any atom is -0.389 e. The zero-order valence-electron chi connectivity index (χ0n) is 14.1. The van der Waals surface area contributed by atoms with E-state index in [0.29, 0.717) is 23.0 Å². The maximum absolute atomic E-state index is 14.5. The van der Waals surface area contributed by atoms with Crippen molar-refractivity contribution in [2.75, 3.05) is 6.54 Å². The van der Waals surface area contributed by atoms with Crippen LogP contribution >= 0.6 is 0 Å². The first-order chi connectivity index (χ1) is 12.5. The largest absolute Gasteiger partial charge is 0.389 e. The highest BCUT2D eigenvalue weighted by Crippen LogP contribution is 2.25. The number of fused-ring (bicyclic) bond motifs is 3. The Hall–Kier alpha value is -3.20. The molecular formula is C20H15F2N3O. The van der Waals surface area contributed by atoms with Gasteiger partial charge in [0.05, 0.1) is 16.3 Å². The molecule has 0 radical (unpaired) electrons. The molecule has 0 spiro atoms. The zero-order valence-corrected chi connectivity index (χ0v) is 14.1. The molecule has 4 rings (SSSR count). The first-order valence-electron chi connectivity index (χ1n) is 8.32. The third-order valence-electron chi connectivity index (χ3n) is 4.86. The molecule has 1 aromatic heterocycles. The minimum absolute atomic E-state index is 0.0481. The summed E-state index contributed by atoms with van der Waals surface area (Å²) in [5, 5.41) is 14.0. The first kappa shape index (κ1) is 16.3. The van der Waals surface area contributed by atoms with E-state index in [2.05, 4.69) is 5.32 Å². The molecule has 2 aliphatic rings. The van der Waals surface area contributed by atoms with E-state index in [1.807, 2.05) is 23.8 Å². The van der Waals surface area contributed by atoms with Crippen molar-refractivity contribution in [3.8, 4) is 6.07 Å². The smallest absolute Gasteiger partial charge is 0.206 e. The number of nitrogens with one attached hydrogen (secondary N) is 1. The van der Waals surface area contributed by atoms with Crippen LogP contribution in [0.25, 0.3) is 11.8 Å². The van der Waals surface area contributed by atoms with Crippen LogP contribution in [0, 0.1) is 29.9 Å². The summed E-state index contributed by atoms with van der Waals surface area (Å²) in [5.74, 6) is -1.76. The molecular weight excluding hydrogens is 336 g/mol. The molecule has 1 aliphatic carbocycles. The van der Waals surface area contributed by atoms with Crippen molar-refractivity contribution in [1.82, 2.24) is 9.88 Å². The van der Waals surface area contributed by atoms with Gasteiger partial charge in [0.1, 0.15) is 23.3 Å². The Morgan fingerprint density at radius 1 is 1.31 bits per heavy atom. The highest BCUT2D eigenvalue weighted by Gasteiger charge is 2.28. The SMILES string of the molecule is Cc1c2c(n3c1=CNCCC3)=C(c1ccc(F)cc1F)C=C(C#N)C2=O. The summed E-state index contributed by atoms with van der Waals surface area (Å²) in [6.07, 6.45) is 4.09. The molecule has 6 heteroatoms. The molecule has 26 heavy (non-hydrogen) atoms. The molecule has 2 heterocycles. The van der Waals surface area contributed by atoms with E-state index in [0.717, 1.165) is 29.9 Å². The molecule has 0 saturated carbocycles. The number of carbonyl (C=O) groups excluding carboxylic acids is 1. The Balaban J connectivity index is 2.19. The van der Waals surface area contributed by atoms with Crippen LogP contribution in [0.15, 0.2) is 29.8 Å². The second kappa shape index (κ2) is 5.95. The van der Waals surface area contributed by atoms with Crippen molar-refractivity contribution in [1.29, 1.82) is 5.26 Å². The van der Waals surface area contributed by atoms with Gasteiger partial charge in [0.15, 0.2) is 0 Å². The van der Waals surface area contributed by atoms with Crippen LogP contribution in [0.2, 0.25) is 0 Å². The average molecular weight is 351 g/mol. The van der Waals surface area contributed by atoms with Crippen molar-refractivity contribution in [3.63, 3.8) is 0 Å². The standard InChI is InChI=1S/C20H15F2N3O/c1-11-17-10-24-5-2-6-25(17)19-15(7-12(9-23)20(26)18(11)19)14-4-3-13(21)8-16(14)22/h3-4,7-8,10,24H,2,5-6H2,1H3. The van der Waals surface area contributed by atoms with Gasteiger partial charge in [0.25, 0.3) is 0 Å². The lowest BCUT2D eigenvalue weighted by atomic mass is 9.91. The molecule has 0 saturated heterocycles. The third-order valence-corrected chi connectivity index (χ3v) is 4.86. The Kier molecular flexibility index (Phi) is 3.73. The summed E-state index contributed by atoms with van der Waals surface area (Å²) in [6, 6.07) is 5.24. The summed E-state index contributed by atoms with van der Waals surface area (Å²) < 4.78 is 29.8. The van der Waals surface area contributed by atoms with Gasteiger partial charge < -0.3 is 9.88 Å². The van der Waals surface area contributed by atoms with Gasteiger partial charge >= 0.3 is 0 Å². The van der Waals surface area contributed by atoms with E-state index >= 15 is 0 Å². The van der Waals surface area contributed by atoms with Gasteiger partial charge in [-0.15, -0.1) is 0 Å². The summed E-state index contributed by atoms with van der Waals surface area (Å²) >= 11 is 0. The van der Waals surface area contributed by atoms with Crippen LogP contribution < -0.4 is 16.0 Å². The minimum atomic E-state index is -0.724. The molecule has 1 aromatic carbocycles. The molecule has 0 bridgehead atoms. The number of carbonyl (C=O) groups is 1. The van der Waals surface area contributed by atoms with E-state index < -0.39 is 11.6 Å². The second-order valence-electron chi connectivity index (χ2n) is 6.37. The quantitative estimate of drug-likeness (QED) is 0.850. The van der Waals surface area contributed by atoms with E-state index in [-0.39, 0.29) is 16.9 Å². The van der Waals surface area contributed by atoms with Crippen LogP contribution in [0.1, 0.15) is 27.9 Å². The van der Waals surface area contributed by atoms with Crippen molar-refractivity contribution < 1.29 is 13.6 Å². The number of rotatable bonds is 1. The highest BCUT2D eigenvalue weighted by molar-refractivity contribution is 6.16. The monoisotopic (exact) mass is 351 g/mol. The molecule has 1 N–H and O–H groups in total. The number of allylic oxidation sites excluding steroid dienone is 2. The summed E-state index contributed by atoms with van der Waals surface area (Å²) in [7, 11) is 0. The van der Waals surface area contributed by atoms with Gasteiger partial charge in [-0.25, -0.2) is 8.78 Å². The van der Waals surface area contributed by atoms with E-state index in [4.69, 9.17) is 0 Å². The molecule has 1 aliphatic heterocycles. The third kappa shape index (κ3) is 2.28. The molecule has 0 amide bonds. The number of nitrogens with zero attached hydrogens (tertiary/aromatic N) is 2. The molecule has 0 atom stereocenters. The number of benzene rings is 1. The fourth-order valence-electron chi connectivity index (χ4n) is 3.66. The Morgan fingerprint density at radius 2 is 2.12 bits per heavy atom. The lowest BCUT2D eigenvalue weighted by Gasteiger charge is -2.14. The number of Topliss-reactive ketones (excluding diaryl/α,β-unsaturated/α-hetero) is 1. The fourth-order valence-corrected chi connectivity index (χ4v) is 3.66. The van der Waals surface area contributed by atoms with E-state index in [1.165, 1.54) is 18.2 Å². The number of nitriles is 1.